The highest BCUT2D eigenvalue weighted by Crippen LogP contribution is 2.28. The van der Waals surface area contributed by atoms with Crippen molar-refractivity contribution in [3.63, 3.8) is 0 Å². The summed E-state index contributed by atoms with van der Waals surface area (Å²) in [6.45, 7) is 2.08. The Kier molecular flexibility index (Phi) is 5.62. The summed E-state index contributed by atoms with van der Waals surface area (Å²) in [6.07, 6.45) is 2.59. The molecule has 1 aromatic heterocycles. The van der Waals surface area contributed by atoms with E-state index in [0.717, 1.165) is 18.2 Å². The molecule has 3 N–H and O–H groups in total. The molecular formula is C20H22N2O4S. The predicted octanol–water partition coefficient (Wildman–Crippen LogP) is 3.82. The minimum absolute atomic E-state index is 0.279. The van der Waals surface area contributed by atoms with Crippen molar-refractivity contribution >= 4 is 32.6 Å². The molecule has 0 fully saturated rings. The summed E-state index contributed by atoms with van der Waals surface area (Å²) in [6, 6.07) is 14.1. The molecule has 7 heteroatoms. The van der Waals surface area contributed by atoms with Crippen LogP contribution in [0, 0.1) is 0 Å². The van der Waals surface area contributed by atoms with Crippen LogP contribution in [0.2, 0.25) is 0 Å². The molecule has 3 rings (SSSR count). The van der Waals surface area contributed by atoms with Crippen molar-refractivity contribution in [2.45, 2.75) is 31.9 Å². The molecule has 0 saturated carbocycles. The van der Waals surface area contributed by atoms with Gasteiger partial charge in [0.05, 0.1) is 11.3 Å². The first-order valence-electron chi connectivity index (χ1n) is 8.78. The van der Waals surface area contributed by atoms with Crippen molar-refractivity contribution in [2.24, 2.45) is 5.14 Å². The van der Waals surface area contributed by atoms with Crippen molar-refractivity contribution in [3.8, 4) is 0 Å². The summed E-state index contributed by atoms with van der Waals surface area (Å²) < 4.78 is 28.5. The molecule has 0 aliphatic heterocycles. The minimum Gasteiger partial charge on any atom is -0.460 e. The number of primary sulfonamides is 1. The van der Waals surface area contributed by atoms with Crippen LogP contribution in [0.1, 0.15) is 41.4 Å². The van der Waals surface area contributed by atoms with Crippen LogP contribution in [0.25, 0.3) is 11.0 Å². The number of furan rings is 1. The number of hydrogen-bond acceptors (Lipinski definition) is 4. The number of hydrogen-bond donors (Lipinski definition) is 2. The normalized spacial score (nSPS) is 11.6. The molecule has 0 radical (unpaired) electrons. The van der Waals surface area contributed by atoms with E-state index >= 15 is 0 Å². The van der Waals surface area contributed by atoms with Gasteiger partial charge in [0.25, 0.3) is 5.91 Å². The summed E-state index contributed by atoms with van der Waals surface area (Å²) in [4.78, 5) is 13.0. The molecule has 0 atom stereocenters. The summed E-state index contributed by atoms with van der Waals surface area (Å²) in [5, 5.41) is 8.71. The lowest BCUT2D eigenvalue weighted by molar-refractivity contribution is 0.102. The van der Waals surface area contributed by atoms with E-state index in [1.54, 1.807) is 24.3 Å². The van der Waals surface area contributed by atoms with Gasteiger partial charge >= 0.3 is 0 Å². The molecule has 27 heavy (non-hydrogen) atoms. The van der Waals surface area contributed by atoms with Crippen LogP contribution in [0.3, 0.4) is 0 Å². The maximum atomic E-state index is 13.0. The van der Waals surface area contributed by atoms with Crippen LogP contribution in [-0.4, -0.2) is 14.3 Å². The molecule has 2 aromatic carbocycles. The molecule has 3 aromatic rings. The SMILES string of the molecule is CCCCc1oc2ccccc2c1C(=O)Nc1cccc(CS(N)(=O)=O)c1. The largest absolute Gasteiger partial charge is 0.460 e. The molecule has 1 heterocycles. The van der Waals surface area contributed by atoms with Gasteiger partial charge in [-0.2, -0.15) is 0 Å². The minimum atomic E-state index is -3.64. The monoisotopic (exact) mass is 386 g/mol. The highest BCUT2D eigenvalue weighted by atomic mass is 32.2. The Morgan fingerprint density at radius 3 is 2.67 bits per heavy atom. The topological polar surface area (TPSA) is 102 Å². The number of anilines is 1. The Morgan fingerprint density at radius 2 is 1.93 bits per heavy atom. The fourth-order valence-corrected chi connectivity index (χ4v) is 3.67. The number of aryl methyl sites for hydroxylation is 1. The van der Waals surface area contributed by atoms with Gasteiger partial charge in [0.2, 0.25) is 10.0 Å². The lowest BCUT2D eigenvalue weighted by Crippen LogP contribution is -2.16. The Balaban J connectivity index is 1.91. The van der Waals surface area contributed by atoms with Gasteiger partial charge in [-0.1, -0.05) is 43.7 Å². The number of nitrogens with two attached hydrogens (primary N) is 1. The molecule has 0 aliphatic carbocycles. The van der Waals surface area contributed by atoms with Crippen LogP contribution < -0.4 is 10.5 Å². The first-order valence-corrected chi connectivity index (χ1v) is 10.5. The third kappa shape index (κ3) is 4.75. The quantitative estimate of drug-likeness (QED) is 0.644. The average Bonchev–Trinajstić information content (AvgIpc) is 2.97. The second-order valence-corrected chi connectivity index (χ2v) is 8.08. The number of para-hydroxylation sites is 1. The number of nitrogens with one attached hydrogen (secondary N) is 1. The van der Waals surface area contributed by atoms with Crippen LogP contribution in [-0.2, 0) is 22.2 Å². The van der Waals surface area contributed by atoms with Crippen molar-refractivity contribution in [1.29, 1.82) is 0 Å². The number of benzene rings is 2. The molecule has 0 bridgehead atoms. The van der Waals surface area contributed by atoms with Crippen molar-refractivity contribution < 1.29 is 17.6 Å². The first kappa shape index (κ1) is 19.1. The Bertz CT molecular complexity index is 1070. The van der Waals surface area contributed by atoms with Crippen molar-refractivity contribution in [1.82, 2.24) is 0 Å². The first-order chi connectivity index (χ1) is 12.9. The van der Waals surface area contributed by atoms with Crippen molar-refractivity contribution in [2.75, 3.05) is 5.32 Å². The van der Waals surface area contributed by atoms with Gasteiger partial charge in [0, 0.05) is 17.5 Å². The number of unbranched alkanes of at least 4 members (excludes halogenated alkanes) is 1. The van der Waals surface area contributed by atoms with E-state index in [9.17, 15) is 13.2 Å². The Hall–Kier alpha value is -2.64. The van der Waals surface area contributed by atoms with Crippen LogP contribution >= 0.6 is 0 Å². The molecule has 0 unspecified atom stereocenters. The van der Waals surface area contributed by atoms with Gasteiger partial charge in [-0.3, -0.25) is 4.79 Å². The van der Waals surface area contributed by atoms with Crippen LogP contribution in [0.5, 0.6) is 0 Å². The van der Waals surface area contributed by atoms with E-state index in [4.69, 9.17) is 9.56 Å². The second kappa shape index (κ2) is 7.94. The lowest BCUT2D eigenvalue weighted by Gasteiger charge is -2.08. The van der Waals surface area contributed by atoms with Crippen molar-refractivity contribution in [3.05, 3.63) is 65.4 Å². The Morgan fingerprint density at radius 1 is 1.15 bits per heavy atom. The zero-order valence-electron chi connectivity index (χ0n) is 15.1. The van der Waals surface area contributed by atoms with E-state index in [0.29, 0.717) is 34.6 Å². The van der Waals surface area contributed by atoms with Gasteiger partial charge in [-0.05, 0) is 30.2 Å². The van der Waals surface area contributed by atoms with Gasteiger partial charge < -0.3 is 9.73 Å². The van der Waals surface area contributed by atoms with Crippen LogP contribution in [0.4, 0.5) is 5.69 Å². The summed E-state index contributed by atoms with van der Waals surface area (Å²) >= 11 is 0. The number of fused-ring (bicyclic) bond motifs is 1. The van der Waals surface area contributed by atoms with Gasteiger partial charge in [0.1, 0.15) is 11.3 Å². The number of carbonyl (C=O) groups excluding carboxylic acids is 1. The highest BCUT2D eigenvalue weighted by molar-refractivity contribution is 7.88. The van der Waals surface area contributed by atoms with E-state index in [1.807, 2.05) is 24.3 Å². The standard InChI is InChI=1S/C20H22N2O4S/c1-2-3-10-18-19(16-9-4-5-11-17(16)26-18)20(23)22-15-8-6-7-14(12-15)13-27(21,24)25/h4-9,11-12H,2-3,10,13H2,1H3,(H,22,23)(H2,21,24,25). The van der Waals surface area contributed by atoms with E-state index < -0.39 is 10.0 Å². The summed E-state index contributed by atoms with van der Waals surface area (Å²) in [7, 11) is -3.64. The second-order valence-electron chi connectivity index (χ2n) is 6.46. The number of sulfonamides is 1. The molecule has 0 spiro atoms. The molecule has 142 valence electrons. The van der Waals surface area contributed by atoms with E-state index in [1.165, 1.54) is 0 Å². The number of amides is 1. The zero-order valence-corrected chi connectivity index (χ0v) is 15.9. The van der Waals surface area contributed by atoms with Crippen LogP contribution in [0.15, 0.2) is 52.9 Å². The number of rotatable bonds is 7. The smallest absolute Gasteiger partial charge is 0.259 e. The Labute approximate surface area is 158 Å². The highest BCUT2D eigenvalue weighted by Gasteiger charge is 2.20. The van der Waals surface area contributed by atoms with E-state index in [-0.39, 0.29) is 11.7 Å². The van der Waals surface area contributed by atoms with E-state index in [2.05, 4.69) is 12.2 Å². The van der Waals surface area contributed by atoms with Gasteiger partial charge in [-0.15, -0.1) is 0 Å². The maximum absolute atomic E-state index is 13.0. The molecule has 0 aliphatic rings. The average molecular weight is 386 g/mol. The fraction of sp³-hybridized carbons (Fsp3) is 0.250. The summed E-state index contributed by atoms with van der Waals surface area (Å²) in [5.74, 6) is 0.0997. The third-order valence-electron chi connectivity index (χ3n) is 4.21. The predicted molar refractivity (Wildman–Crippen MR) is 106 cm³/mol. The molecule has 0 saturated heterocycles. The molecular weight excluding hydrogens is 364 g/mol. The zero-order chi connectivity index (χ0) is 19.4. The van der Waals surface area contributed by atoms with Gasteiger partial charge in [0.15, 0.2) is 0 Å². The number of carbonyl (C=O) groups is 1. The third-order valence-corrected chi connectivity index (χ3v) is 4.94. The fourth-order valence-electron chi connectivity index (χ4n) is 3.02. The lowest BCUT2D eigenvalue weighted by atomic mass is 10.1. The maximum Gasteiger partial charge on any atom is 0.259 e. The molecule has 1 amide bonds. The summed E-state index contributed by atoms with van der Waals surface area (Å²) in [5.41, 5.74) is 2.22. The van der Waals surface area contributed by atoms with Gasteiger partial charge in [-0.25, -0.2) is 13.6 Å². The molecule has 6 nitrogen and oxygen atoms in total.